The molecule has 1 amide bonds. The molecule has 3 heterocycles. The van der Waals surface area contributed by atoms with Crippen LogP contribution in [0.2, 0.25) is 0 Å². The Hall–Kier alpha value is -2.34. The highest BCUT2D eigenvalue weighted by atomic mass is 16.5. The Balaban J connectivity index is 1.64. The van der Waals surface area contributed by atoms with Gasteiger partial charge in [-0.2, -0.15) is 0 Å². The van der Waals surface area contributed by atoms with Crippen molar-refractivity contribution in [2.24, 2.45) is 0 Å². The lowest BCUT2D eigenvalue weighted by Gasteiger charge is -2.38. The van der Waals surface area contributed by atoms with Gasteiger partial charge in [0.25, 0.3) is 0 Å². The fraction of sp³-hybridized carbons (Fsp3) is 0.500. The van der Waals surface area contributed by atoms with E-state index in [-0.39, 0.29) is 5.91 Å². The van der Waals surface area contributed by atoms with Crippen LogP contribution in [0.1, 0.15) is 25.3 Å². The van der Waals surface area contributed by atoms with Crippen LogP contribution in [0.15, 0.2) is 35.5 Å². The molecule has 0 saturated carbocycles. The van der Waals surface area contributed by atoms with E-state index in [9.17, 15) is 4.79 Å². The molecule has 0 spiro atoms. The van der Waals surface area contributed by atoms with E-state index in [4.69, 9.17) is 10.1 Å². The topological polar surface area (TPSA) is 68.7 Å². The molecule has 4 rings (SSSR count). The number of benzene rings is 1. The van der Waals surface area contributed by atoms with Gasteiger partial charge in [0.05, 0.1) is 25.8 Å². The first kappa shape index (κ1) is 17.1. The first-order valence-electron chi connectivity index (χ1n) is 9.39. The SMILES string of the molecule is CC(=O)N1CCC(NC2COC2)=C(C(=N)N2CCCc3ccccc32)C1. The molecule has 1 fully saturated rings. The second kappa shape index (κ2) is 7.11. The van der Waals surface area contributed by atoms with Gasteiger partial charge >= 0.3 is 0 Å². The second-order valence-corrected chi connectivity index (χ2v) is 7.26. The zero-order chi connectivity index (χ0) is 18.1. The molecule has 1 aromatic carbocycles. The molecule has 2 N–H and O–H groups in total. The first-order valence-corrected chi connectivity index (χ1v) is 9.39. The van der Waals surface area contributed by atoms with Gasteiger partial charge in [-0.15, -0.1) is 0 Å². The Morgan fingerprint density at radius 2 is 2.04 bits per heavy atom. The molecule has 0 bridgehead atoms. The van der Waals surface area contributed by atoms with Crippen molar-refractivity contribution in [2.45, 2.75) is 32.2 Å². The van der Waals surface area contributed by atoms with Crippen molar-refractivity contribution in [3.63, 3.8) is 0 Å². The third-order valence-electron chi connectivity index (χ3n) is 5.47. The van der Waals surface area contributed by atoms with Crippen molar-refractivity contribution >= 4 is 17.4 Å². The molecule has 3 aliphatic rings. The molecular formula is C20H26N4O2. The van der Waals surface area contributed by atoms with Crippen LogP contribution in [-0.2, 0) is 16.0 Å². The first-order chi connectivity index (χ1) is 12.6. The molecule has 1 aromatic rings. The number of nitrogens with one attached hydrogen (secondary N) is 2. The maximum Gasteiger partial charge on any atom is 0.219 e. The van der Waals surface area contributed by atoms with Gasteiger partial charge in [-0.05, 0) is 24.5 Å². The van der Waals surface area contributed by atoms with Crippen LogP contribution in [-0.4, -0.2) is 55.5 Å². The average Bonchev–Trinajstić information content (AvgIpc) is 2.63. The van der Waals surface area contributed by atoms with Crippen LogP contribution in [0.3, 0.4) is 0 Å². The number of rotatable bonds is 3. The lowest BCUT2D eigenvalue weighted by Crippen LogP contribution is -2.50. The van der Waals surface area contributed by atoms with Crippen LogP contribution < -0.4 is 10.2 Å². The Kier molecular flexibility index (Phi) is 4.68. The zero-order valence-electron chi connectivity index (χ0n) is 15.3. The third kappa shape index (κ3) is 3.21. The van der Waals surface area contributed by atoms with Crippen molar-refractivity contribution in [3.8, 4) is 0 Å². The summed E-state index contributed by atoms with van der Waals surface area (Å²) in [6.07, 6.45) is 2.87. The number of aryl methyl sites for hydroxylation is 1. The van der Waals surface area contributed by atoms with Crippen molar-refractivity contribution in [1.82, 2.24) is 10.2 Å². The van der Waals surface area contributed by atoms with Crippen LogP contribution >= 0.6 is 0 Å². The van der Waals surface area contributed by atoms with Gasteiger partial charge in [0.2, 0.25) is 5.91 Å². The standard InChI is InChI=1S/C20H26N4O2/c1-14(25)23-10-8-18(22-16-12-26-13-16)17(11-23)20(21)24-9-4-6-15-5-2-3-7-19(15)24/h2-3,5,7,16,21-22H,4,6,8-13H2,1H3. The summed E-state index contributed by atoms with van der Waals surface area (Å²) in [4.78, 5) is 15.9. The molecular weight excluding hydrogens is 328 g/mol. The highest BCUT2D eigenvalue weighted by molar-refractivity contribution is 6.09. The van der Waals surface area contributed by atoms with Crippen LogP contribution in [0.5, 0.6) is 0 Å². The minimum atomic E-state index is 0.0698. The van der Waals surface area contributed by atoms with Crippen LogP contribution in [0, 0.1) is 5.41 Å². The van der Waals surface area contributed by atoms with E-state index < -0.39 is 0 Å². The summed E-state index contributed by atoms with van der Waals surface area (Å²) in [6.45, 7) is 5.09. The van der Waals surface area contributed by atoms with Gasteiger partial charge in [-0.1, -0.05) is 18.2 Å². The van der Waals surface area contributed by atoms with Crippen molar-refractivity contribution in [2.75, 3.05) is 37.7 Å². The minimum Gasteiger partial charge on any atom is -0.381 e. The number of carbonyl (C=O) groups excluding carboxylic acids is 1. The number of carbonyl (C=O) groups is 1. The second-order valence-electron chi connectivity index (χ2n) is 7.26. The number of nitrogens with zero attached hydrogens (tertiary/aromatic N) is 2. The zero-order valence-corrected chi connectivity index (χ0v) is 15.3. The molecule has 26 heavy (non-hydrogen) atoms. The molecule has 3 aliphatic heterocycles. The fourth-order valence-corrected chi connectivity index (χ4v) is 3.90. The van der Waals surface area contributed by atoms with E-state index in [2.05, 4.69) is 28.4 Å². The maximum absolute atomic E-state index is 11.9. The van der Waals surface area contributed by atoms with E-state index in [1.165, 1.54) is 5.56 Å². The van der Waals surface area contributed by atoms with Gasteiger partial charge in [0, 0.05) is 43.4 Å². The summed E-state index contributed by atoms with van der Waals surface area (Å²) < 4.78 is 5.28. The number of anilines is 1. The molecule has 0 aromatic heterocycles. The average molecular weight is 354 g/mol. The van der Waals surface area contributed by atoms with E-state index >= 15 is 0 Å². The third-order valence-corrected chi connectivity index (χ3v) is 5.47. The van der Waals surface area contributed by atoms with E-state index in [0.717, 1.165) is 42.8 Å². The largest absolute Gasteiger partial charge is 0.381 e. The summed E-state index contributed by atoms with van der Waals surface area (Å²) in [6, 6.07) is 8.67. The van der Waals surface area contributed by atoms with Gasteiger partial charge in [0.1, 0.15) is 5.84 Å². The highest BCUT2D eigenvalue weighted by Crippen LogP contribution is 2.30. The lowest BCUT2D eigenvalue weighted by molar-refractivity contribution is -0.128. The van der Waals surface area contributed by atoms with E-state index in [1.807, 2.05) is 11.0 Å². The normalized spacial score (nSPS) is 20.5. The Bertz CT molecular complexity index is 754. The predicted octanol–water partition coefficient (Wildman–Crippen LogP) is 1.91. The molecule has 138 valence electrons. The summed E-state index contributed by atoms with van der Waals surface area (Å²) >= 11 is 0. The Morgan fingerprint density at radius 1 is 1.23 bits per heavy atom. The number of hydrogen-bond acceptors (Lipinski definition) is 4. The number of para-hydroxylation sites is 1. The smallest absolute Gasteiger partial charge is 0.219 e. The fourth-order valence-electron chi connectivity index (χ4n) is 3.90. The molecule has 0 aliphatic carbocycles. The van der Waals surface area contributed by atoms with Crippen molar-refractivity contribution in [3.05, 3.63) is 41.1 Å². The number of amidine groups is 1. The summed E-state index contributed by atoms with van der Waals surface area (Å²) in [5.74, 6) is 0.589. The monoisotopic (exact) mass is 354 g/mol. The van der Waals surface area contributed by atoms with Gasteiger partial charge < -0.3 is 19.9 Å². The summed E-state index contributed by atoms with van der Waals surface area (Å²) in [5, 5.41) is 12.5. The van der Waals surface area contributed by atoms with E-state index in [0.29, 0.717) is 38.2 Å². The summed E-state index contributed by atoms with van der Waals surface area (Å²) in [7, 11) is 0. The summed E-state index contributed by atoms with van der Waals surface area (Å²) in [5.41, 5.74) is 4.46. The number of ether oxygens (including phenoxy) is 1. The quantitative estimate of drug-likeness (QED) is 0.643. The minimum absolute atomic E-state index is 0.0698. The maximum atomic E-state index is 11.9. The number of amides is 1. The van der Waals surface area contributed by atoms with Crippen molar-refractivity contribution in [1.29, 1.82) is 5.41 Å². The molecule has 0 radical (unpaired) electrons. The lowest BCUT2D eigenvalue weighted by atomic mass is 9.98. The van der Waals surface area contributed by atoms with Gasteiger partial charge in [0.15, 0.2) is 0 Å². The van der Waals surface area contributed by atoms with E-state index in [1.54, 1.807) is 6.92 Å². The molecule has 1 saturated heterocycles. The molecule has 6 nitrogen and oxygen atoms in total. The van der Waals surface area contributed by atoms with Gasteiger partial charge in [-0.3, -0.25) is 10.2 Å². The van der Waals surface area contributed by atoms with Crippen molar-refractivity contribution < 1.29 is 9.53 Å². The Labute approximate surface area is 154 Å². The number of hydrogen-bond donors (Lipinski definition) is 2. The molecule has 0 unspecified atom stereocenters. The molecule has 0 atom stereocenters. The Morgan fingerprint density at radius 3 is 2.77 bits per heavy atom. The van der Waals surface area contributed by atoms with Crippen LogP contribution in [0.4, 0.5) is 5.69 Å². The molecule has 6 heteroatoms. The number of fused-ring (bicyclic) bond motifs is 1. The highest BCUT2D eigenvalue weighted by Gasteiger charge is 2.30. The van der Waals surface area contributed by atoms with Crippen LogP contribution in [0.25, 0.3) is 0 Å². The predicted molar refractivity (Wildman–Crippen MR) is 101 cm³/mol. The van der Waals surface area contributed by atoms with Gasteiger partial charge in [-0.25, -0.2) is 0 Å².